The molecule has 0 saturated heterocycles. The molecule has 0 aliphatic carbocycles. The average molecular weight is 481 g/mol. The number of para-hydroxylation sites is 2. The predicted octanol–water partition coefficient (Wildman–Crippen LogP) is 3.50. The Bertz CT molecular complexity index is 1210. The molecule has 1 aromatic heterocycles. The zero-order valence-corrected chi connectivity index (χ0v) is 19.4. The summed E-state index contributed by atoms with van der Waals surface area (Å²) in [6, 6.07) is 13.1. The largest absolute Gasteiger partial charge is 0.485 e. The SMILES string of the molecule is C=CCn1c(S[C@@H](C)C(=O)NCc2ccc3c(c2)OCO3)nnc1[C@@H]1COc2ccccc2O1. The number of thioether (sulfide) groups is 1. The molecule has 0 spiro atoms. The van der Waals surface area contributed by atoms with Crippen molar-refractivity contribution in [3.05, 3.63) is 66.5 Å². The van der Waals surface area contributed by atoms with E-state index >= 15 is 0 Å². The minimum absolute atomic E-state index is 0.108. The van der Waals surface area contributed by atoms with Crippen molar-refractivity contribution in [3.8, 4) is 23.0 Å². The molecule has 2 aromatic carbocycles. The van der Waals surface area contributed by atoms with Gasteiger partial charge in [-0.1, -0.05) is 36.0 Å². The summed E-state index contributed by atoms with van der Waals surface area (Å²) in [5.41, 5.74) is 0.932. The van der Waals surface area contributed by atoms with Crippen LogP contribution in [0.25, 0.3) is 0 Å². The van der Waals surface area contributed by atoms with Crippen LogP contribution in [0.5, 0.6) is 23.0 Å². The molecule has 0 radical (unpaired) electrons. The monoisotopic (exact) mass is 480 g/mol. The van der Waals surface area contributed by atoms with Crippen LogP contribution in [-0.4, -0.2) is 39.3 Å². The molecule has 10 heteroatoms. The second-order valence-electron chi connectivity index (χ2n) is 7.77. The lowest BCUT2D eigenvalue weighted by Gasteiger charge is -2.26. The molecule has 0 fully saturated rings. The van der Waals surface area contributed by atoms with Crippen LogP contribution in [0.1, 0.15) is 24.4 Å². The van der Waals surface area contributed by atoms with E-state index in [0.29, 0.717) is 53.7 Å². The molecule has 1 amide bonds. The number of rotatable bonds is 8. The van der Waals surface area contributed by atoms with Gasteiger partial charge in [0.15, 0.2) is 40.1 Å². The number of allylic oxidation sites excluding steroid dienone is 1. The quantitative estimate of drug-likeness (QED) is 0.387. The Labute approximate surface area is 201 Å². The van der Waals surface area contributed by atoms with Gasteiger partial charge in [0.25, 0.3) is 0 Å². The molecule has 34 heavy (non-hydrogen) atoms. The summed E-state index contributed by atoms with van der Waals surface area (Å²) in [6.07, 6.45) is 1.35. The minimum atomic E-state index is -0.410. The van der Waals surface area contributed by atoms with E-state index in [2.05, 4.69) is 22.1 Å². The molecule has 3 heterocycles. The van der Waals surface area contributed by atoms with E-state index in [9.17, 15) is 4.79 Å². The normalized spacial score (nSPS) is 16.7. The van der Waals surface area contributed by atoms with Gasteiger partial charge < -0.3 is 24.3 Å². The third kappa shape index (κ3) is 4.54. The summed E-state index contributed by atoms with van der Waals surface area (Å²) in [6.45, 7) is 7.09. The van der Waals surface area contributed by atoms with Crippen LogP contribution >= 0.6 is 11.8 Å². The van der Waals surface area contributed by atoms with Crippen molar-refractivity contribution < 1.29 is 23.7 Å². The fourth-order valence-corrected chi connectivity index (χ4v) is 4.56. The minimum Gasteiger partial charge on any atom is -0.485 e. The highest BCUT2D eigenvalue weighted by Crippen LogP contribution is 2.36. The molecule has 2 aliphatic rings. The van der Waals surface area contributed by atoms with Gasteiger partial charge in [-0.15, -0.1) is 16.8 Å². The van der Waals surface area contributed by atoms with Crippen LogP contribution in [0, 0.1) is 0 Å². The lowest BCUT2D eigenvalue weighted by atomic mass is 10.2. The second-order valence-corrected chi connectivity index (χ2v) is 9.08. The molecular weight excluding hydrogens is 456 g/mol. The van der Waals surface area contributed by atoms with Gasteiger partial charge in [-0.25, -0.2) is 0 Å². The number of nitrogens with zero attached hydrogens (tertiary/aromatic N) is 3. The number of nitrogens with one attached hydrogen (secondary N) is 1. The lowest BCUT2D eigenvalue weighted by Crippen LogP contribution is -2.30. The van der Waals surface area contributed by atoms with Crippen molar-refractivity contribution in [2.75, 3.05) is 13.4 Å². The zero-order valence-electron chi connectivity index (χ0n) is 18.6. The van der Waals surface area contributed by atoms with Gasteiger partial charge in [-0.3, -0.25) is 9.36 Å². The number of aromatic nitrogens is 3. The summed E-state index contributed by atoms with van der Waals surface area (Å²) in [7, 11) is 0. The van der Waals surface area contributed by atoms with E-state index in [0.717, 1.165) is 5.56 Å². The number of carbonyl (C=O) groups is 1. The standard InChI is InChI=1S/C24H24N4O5S/c1-3-10-28-22(21-13-30-17-6-4-5-7-19(17)33-21)26-27-24(28)34-15(2)23(29)25-12-16-8-9-18-20(11-16)32-14-31-18/h3-9,11,15,21H,1,10,12-14H2,2H3,(H,25,29)/t15-,21-/m0/s1. The first kappa shape index (κ1) is 22.1. The maximum absolute atomic E-state index is 12.8. The Kier molecular flexibility index (Phi) is 6.31. The highest BCUT2D eigenvalue weighted by molar-refractivity contribution is 8.00. The maximum atomic E-state index is 12.8. The number of amides is 1. The Morgan fingerprint density at radius 3 is 2.82 bits per heavy atom. The van der Waals surface area contributed by atoms with Crippen molar-refractivity contribution >= 4 is 17.7 Å². The summed E-state index contributed by atoms with van der Waals surface area (Å²) in [4.78, 5) is 12.8. The van der Waals surface area contributed by atoms with Gasteiger partial charge in [-0.2, -0.15) is 0 Å². The summed E-state index contributed by atoms with van der Waals surface area (Å²) < 4.78 is 24.6. The van der Waals surface area contributed by atoms with Crippen LogP contribution < -0.4 is 24.3 Å². The van der Waals surface area contributed by atoms with E-state index in [1.807, 2.05) is 54.0 Å². The van der Waals surface area contributed by atoms with Gasteiger partial charge in [0.2, 0.25) is 12.7 Å². The lowest BCUT2D eigenvalue weighted by molar-refractivity contribution is -0.120. The number of hydrogen-bond donors (Lipinski definition) is 1. The first-order chi connectivity index (χ1) is 16.6. The molecule has 3 aromatic rings. The molecular formula is C24H24N4O5S. The molecule has 2 aliphatic heterocycles. The molecule has 0 saturated carbocycles. The van der Waals surface area contributed by atoms with E-state index < -0.39 is 6.10 Å². The molecule has 0 unspecified atom stereocenters. The molecule has 9 nitrogen and oxygen atoms in total. The molecule has 2 atom stereocenters. The van der Waals surface area contributed by atoms with Gasteiger partial charge in [0, 0.05) is 13.1 Å². The molecule has 176 valence electrons. The van der Waals surface area contributed by atoms with Crippen molar-refractivity contribution in [2.24, 2.45) is 0 Å². The predicted molar refractivity (Wildman–Crippen MR) is 125 cm³/mol. The summed E-state index contributed by atoms with van der Waals surface area (Å²) in [5, 5.41) is 11.9. The Balaban J connectivity index is 1.24. The van der Waals surface area contributed by atoms with Crippen LogP contribution in [0.2, 0.25) is 0 Å². The van der Waals surface area contributed by atoms with Crippen LogP contribution in [0.15, 0.2) is 60.3 Å². The number of carbonyl (C=O) groups excluding carboxylic acids is 1. The molecule has 1 N–H and O–H groups in total. The van der Waals surface area contributed by atoms with Crippen LogP contribution in [-0.2, 0) is 17.9 Å². The number of benzene rings is 2. The third-order valence-electron chi connectivity index (χ3n) is 5.41. The van der Waals surface area contributed by atoms with E-state index in [1.165, 1.54) is 11.8 Å². The first-order valence-electron chi connectivity index (χ1n) is 10.9. The van der Waals surface area contributed by atoms with Crippen molar-refractivity contribution in [3.63, 3.8) is 0 Å². The highest BCUT2D eigenvalue weighted by atomic mass is 32.2. The Morgan fingerprint density at radius 1 is 1.18 bits per heavy atom. The first-order valence-corrected chi connectivity index (χ1v) is 11.8. The third-order valence-corrected chi connectivity index (χ3v) is 6.49. The average Bonchev–Trinajstić information content (AvgIpc) is 3.49. The van der Waals surface area contributed by atoms with E-state index in [1.54, 1.807) is 6.08 Å². The van der Waals surface area contributed by atoms with Gasteiger partial charge in [0.1, 0.15) is 6.61 Å². The van der Waals surface area contributed by atoms with Crippen LogP contribution in [0.3, 0.4) is 0 Å². The summed E-state index contributed by atoms with van der Waals surface area (Å²) >= 11 is 1.33. The second kappa shape index (κ2) is 9.68. The smallest absolute Gasteiger partial charge is 0.233 e. The van der Waals surface area contributed by atoms with Gasteiger partial charge >= 0.3 is 0 Å². The maximum Gasteiger partial charge on any atom is 0.233 e. The van der Waals surface area contributed by atoms with Crippen molar-refractivity contribution in [2.45, 2.75) is 36.5 Å². The fourth-order valence-electron chi connectivity index (χ4n) is 3.67. The molecule has 5 rings (SSSR count). The van der Waals surface area contributed by atoms with E-state index in [-0.39, 0.29) is 18.0 Å². The zero-order chi connectivity index (χ0) is 23.5. The van der Waals surface area contributed by atoms with Crippen molar-refractivity contribution in [1.82, 2.24) is 20.1 Å². The number of ether oxygens (including phenoxy) is 4. The summed E-state index contributed by atoms with van der Waals surface area (Å²) in [5.74, 6) is 3.30. The Hall–Kier alpha value is -3.66. The van der Waals surface area contributed by atoms with Crippen LogP contribution in [0.4, 0.5) is 0 Å². The fraction of sp³-hybridized carbons (Fsp3) is 0.292. The van der Waals surface area contributed by atoms with Gasteiger partial charge in [-0.05, 0) is 36.8 Å². The number of fused-ring (bicyclic) bond motifs is 2. The van der Waals surface area contributed by atoms with E-state index in [4.69, 9.17) is 18.9 Å². The molecule has 0 bridgehead atoms. The van der Waals surface area contributed by atoms with Gasteiger partial charge in [0.05, 0.1) is 5.25 Å². The highest BCUT2D eigenvalue weighted by Gasteiger charge is 2.29. The number of hydrogen-bond acceptors (Lipinski definition) is 8. The Morgan fingerprint density at radius 2 is 1.97 bits per heavy atom. The topological polar surface area (TPSA) is 96.7 Å². The van der Waals surface area contributed by atoms with Crippen molar-refractivity contribution in [1.29, 1.82) is 0 Å².